The van der Waals surface area contributed by atoms with E-state index in [0.717, 1.165) is 11.3 Å². The Kier molecular flexibility index (Phi) is 4.88. The highest BCUT2D eigenvalue weighted by Gasteiger charge is 2.42. The van der Waals surface area contributed by atoms with Crippen molar-refractivity contribution in [3.8, 4) is 5.69 Å². The molecule has 1 aliphatic heterocycles. The zero-order chi connectivity index (χ0) is 20.0. The van der Waals surface area contributed by atoms with Crippen LogP contribution in [0.15, 0.2) is 24.3 Å². The molecule has 7 nitrogen and oxygen atoms in total. The standard InChI is InChI=1S/C19H26N4O3S/c1-13(2)15-8-6-7-9-16(15)23-14(3)20-17(21-23)18(24)22-10-11-27(25,26)19(4,5)12-22/h6-9,13H,10-12H2,1-5H3. The molecule has 0 spiro atoms. The first kappa shape index (κ1) is 19.5. The van der Waals surface area contributed by atoms with E-state index in [4.69, 9.17) is 0 Å². The second kappa shape index (κ2) is 6.74. The van der Waals surface area contributed by atoms with Crippen LogP contribution in [0.3, 0.4) is 0 Å². The number of rotatable bonds is 3. The van der Waals surface area contributed by atoms with E-state index >= 15 is 0 Å². The van der Waals surface area contributed by atoms with Gasteiger partial charge in [-0.15, -0.1) is 5.10 Å². The highest BCUT2D eigenvalue weighted by atomic mass is 32.2. The van der Waals surface area contributed by atoms with Crippen LogP contribution in [0.4, 0.5) is 0 Å². The molecule has 146 valence electrons. The van der Waals surface area contributed by atoms with Gasteiger partial charge in [0.2, 0.25) is 5.82 Å². The molecule has 0 unspecified atom stereocenters. The summed E-state index contributed by atoms with van der Waals surface area (Å²) in [7, 11) is -3.21. The molecule has 1 aliphatic rings. The molecule has 8 heteroatoms. The van der Waals surface area contributed by atoms with Crippen molar-refractivity contribution in [2.75, 3.05) is 18.8 Å². The number of hydrogen-bond acceptors (Lipinski definition) is 5. The molecule has 1 saturated heterocycles. The molecule has 3 rings (SSSR count). The molecule has 2 heterocycles. The molecule has 1 amide bonds. The van der Waals surface area contributed by atoms with Crippen molar-refractivity contribution >= 4 is 15.7 Å². The Balaban J connectivity index is 1.93. The fraction of sp³-hybridized carbons (Fsp3) is 0.526. The van der Waals surface area contributed by atoms with Crippen LogP contribution in [0.1, 0.15) is 55.6 Å². The highest BCUT2D eigenvalue weighted by molar-refractivity contribution is 7.92. The Morgan fingerprint density at radius 3 is 2.52 bits per heavy atom. The summed E-state index contributed by atoms with van der Waals surface area (Å²) in [5, 5.41) is 4.45. The first-order valence-corrected chi connectivity index (χ1v) is 10.7. The molecule has 1 aromatic heterocycles. The molecule has 0 radical (unpaired) electrons. The molecule has 27 heavy (non-hydrogen) atoms. The summed E-state index contributed by atoms with van der Waals surface area (Å²) in [4.78, 5) is 18.8. The van der Waals surface area contributed by atoms with Gasteiger partial charge >= 0.3 is 0 Å². The van der Waals surface area contributed by atoms with E-state index in [0.29, 0.717) is 11.7 Å². The lowest BCUT2D eigenvalue weighted by atomic mass is 10.0. The minimum atomic E-state index is -3.21. The summed E-state index contributed by atoms with van der Waals surface area (Å²) in [6.07, 6.45) is 0. The maximum Gasteiger partial charge on any atom is 0.293 e. The van der Waals surface area contributed by atoms with E-state index < -0.39 is 14.6 Å². The van der Waals surface area contributed by atoms with Crippen molar-refractivity contribution < 1.29 is 13.2 Å². The zero-order valence-corrected chi connectivity index (χ0v) is 17.2. The topological polar surface area (TPSA) is 85.2 Å². The fourth-order valence-electron chi connectivity index (χ4n) is 3.34. The second-order valence-electron chi connectivity index (χ2n) is 7.91. The smallest absolute Gasteiger partial charge is 0.293 e. The maximum atomic E-state index is 12.9. The van der Waals surface area contributed by atoms with Crippen LogP contribution in [0.25, 0.3) is 5.69 Å². The van der Waals surface area contributed by atoms with Crippen molar-refractivity contribution in [1.29, 1.82) is 0 Å². The number of para-hydroxylation sites is 1. The first-order chi connectivity index (χ1) is 12.5. The number of aromatic nitrogens is 3. The van der Waals surface area contributed by atoms with Gasteiger partial charge in [-0.3, -0.25) is 4.79 Å². The third-order valence-corrected chi connectivity index (χ3v) is 7.61. The molecule has 2 aromatic rings. The highest BCUT2D eigenvalue weighted by Crippen LogP contribution is 2.26. The lowest BCUT2D eigenvalue weighted by molar-refractivity contribution is 0.0731. The average Bonchev–Trinajstić information content (AvgIpc) is 2.98. The SMILES string of the molecule is Cc1nc(C(=O)N2CCS(=O)(=O)C(C)(C)C2)nn1-c1ccccc1C(C)C. The van der Waals surface area contributed by atoms with Crippen molar-refractivity contribution in [2.24, 2.45) is 0 Å². The molecular weight excluding hydrogens is 364 g/mol. The summed E-state index contributed by atoms with van der Waals surface area (Å²) < 4.78 is 25.1. The minimum Gasteiger partial charge on any atom is -0.333 e. The van der Waals surface area contributed by atoms with Crippen molar-refractivity contribution in [2.45, 2.75) is 45.3 Å². The number of carbonyl (C=O) groups is 1. The molecule has 0 aliphatic carbocycles. The van der Waals surface area contributed by atoms with E-state index in [-0.39, 0.29) is 30.6 Å². The number of carbonyl (C=O) groups excluding carboxylic acids is 1. The quantitative estimate of drug-likeness (QED) is 0.803. The molecule has 0 saturated carbocycles. The van der Waals surface area contributed by atoms with Gasteiger partial charge in [-0.25, -0.2) is 18.1 Å². The Morgan fingerprint density at radius 2 is 1.89 bits per heavy atom. The van der Waals surface area contributed by atoms with Gasteiger partial charge in [-0.1, -0.05) is 32.0 Å². The monoisotopic (exact) mass is 390 g/mol. The summed E-state index contributed by atoms with van der Waals surface area (Å²) in [5.41, 5.74) is 2.02. The van der Waals surface area contributed by atoms with Gasteiger partial charge in [0.1, 0.15) is 5.82 Å². The predicted octanol–water partition coefficient (Wildman–Crippen LogP) is 2.35. The molecule has 0 N–H and O–H groups in total. The van der Waals surface area contributed by atoms with E-state index in [9.17, 15) is 13.2 Å². The maximum absolute atomic E-state index is 12.9. The van der Waals surface area contributed by atoms with E-state index in [1.165, 1.54) is 4.90 Å². The molecule has 0 atom stereocenters. The van der Waals surface area contributed by atoms with E-state index in [1.54, 1.807) is 18.5 Å². The van der Waals surface area contributed by atoms with Crippen LogP contribution >= 0.6 is 0 Å². The lowest BCUT2D eigenvalue weighted by Crippen LogP contribution is -2.54. The molecule has 1 fully saturated rings. The Labute approximate surface area is 160 Å². The van der Waals surface area contributed by atoms with Crippen LogP contribution in [-0.2, 0) is 9.84 Å². The normalized spacial score (nSPS) is 18.7. The minimum absolute atomic E-state index is 0.0401. The van der Waals surface area contributed by atoms with Gasteiger partial charge < -0.3 is 4.90 Å². The number of amides is 1. The van der Waals surface area contributed by atoms with Gasteiger partial charge in [-0.2, -0.15) is 0 Å². The Morgan fingerprint density at radius 1 is 1.22 bits per heavy atom. The van der Waals surface area contributed by atoms with Crippen molar-refractivity contribution in [3.05, 3.63) is 41.5 Å². The van der Waals surface area contributed by atoms with Crippen LogP contribution in [-0.4, -0.2) is 57.6 Å². The van der Waals surface area contributed by atoms with Gasteiger partial charge in [0.15, 0.2) is 9.84 Å². The van der Waals surface area contributed by atoms with E-state index in [1.807, 2.05) is 31.2 Å². The number of sulfone groups is 1. The third kappa shape index (κ3) is 3.50. The van der Waals surface area contributed by atoms with Gasteiger partial charge in [0.05, 0.1) is 16.2 Å². The first-order valence-electron chi connectivity index (χ1n) is 9.08. The van der Waals surface area contributed by atoms with E-state index in [2.05, 4.69) is 23.9 Å². The number of nitrogens with zero attached hydrogens (tertiary/aromatic N) is 4. The third-order valence-electron chi connectivity index (χ3n) is 5.08. The largest absolute Gasteiger partial charge is 0.333 e. The molecule has 1 aromatic carbocycles. The van der Waals surface area contributed by atoms with Crippen LogP contribution in [0, 0.1) is 6.92 Å². The number of aryl methyl sites for hydroxylation is 1. The Hall–Kier alpha value is -2.22. The van der Waals surface area contributed by atoms with Crippen molar-refractivity contribution in [3.63, 3.8) is 0 Å². The summed E-state index contributed by atoms with van der Waals surface area (Å²) >= 11 is 0. The zero-order valence-electron chi connectivity index (χ0n) is 16.4. The van der Waals surface area contributed by atoms with Gasteiger partial charge in [0.25, 0.3) is 5.91 Å². The average molecular weight is 391 g/mol. The lowest BCUT2D eigenvalue weighted by Gasteiger charge is -2.37. The van der Waals surface area contributed by atoms with Crippen molar-refractivity contribution in [1.82, 2.24) is 19.7 Å². The summed E-state index contributed by atoms with van der Waals surface area (Å²) in [6, 6.07) is 7.91. The number of hydrogen-bond donors (Lipinski definition) is 0. The number of benzene rings is 1. The van der Waals surface area contributed by atoms with Gasteiger partial charge in [0, 0.05) is 13.1 Å². The summed E-state index contributed by atoms with van der Waals surface area (Å²) in [6.45, 7) is 9.63. The molecule has 0 bridgehead atoms. The second-order valence-corrected chi connectivity index (χ2v) is 10.7. The predicted molar refractivity (Wildman–Crippen MR) is 104 cm³/mol. The van der Waals surface area contributed by atoms with Crippen LogP contribution < -0.4 is 0 Å². The van der Waals surface area contributed by atoms with Crippen LogP contribution in [0.5, 0.6) is 0 Å². The Bertz CT molecular complexity index is 977. The molecular formula is C19H26N4O3S. The van der Waals surface area contributed by atoms with Crippen LogP contribution in [0.2, 0.25) is 0 Å². The fourth-order valence-corrected chi connectivity index (χ4v) is 4.70. The van der Waals surface area contributed by atoms with Gasteiger partial charge in [-0.05, 0) is 38.3 Å². The summed E-state index contributed by atoms with van der Waals surface area (Å²) in [5.74, 6) is 0.650.